The number of benzene rings is 1. The molecule has 0 spiro atoms. The van der Waals surface area contributed by atoms with Crippen LogP contribution in [-0.2, 0) is 0 Å². The van der Waals surface area contributed by atoms with Gasteiger partial charge in [0.1, 0.15) is 5.75 Å². The van der Waals surface area contributed by atoms with Crippen LogP contribution in [-0.4, -0.2) is 22.9 Å². The van der Waals surface area contributed by atoms with Gasteiger partial charge in [0, 0.05) is 11.8 Å². The van der Waals surface area contributed by atoms with Crippen LogP contribution in [0.2, 0.25) is 18.1 Å². The Kier molecular flexibility index (Phi) is 4.09. The first-order chi connectivity index (χ1) is 11.2. The van der Waals surface area contributed by atoms with E-state index in [0.29, 0.717) is 0 Å². The Balaban J connectivity index is 1.72. The van der Waals surface area contributed by atoms with Crippen LogP contribution in [0.5, 0.6) is 5.75 Å². The number of aromatic nitrogens is 3. The van der Waals surface area contributed by atoms with Gasteiger partial charge >= 0.3 is 0 Å². The Bertz CT molecular complexity index is 834. The molecule has 0 saturated carbocycles. The fourth-order valence-electron chi connectivity index (χ4n) is 2.10. The Labute approximate surface area is 143 Å². The molecule has 3 rings (SSSR count). The summed E-state index contributed by atoms with van der Waals surface area (Å²) in [6, 6.07) is 9.95. The van der Waals surface area contributed by atoms with Gasteiger partial charge in [0.25, 0.3) is 0 Å². The molecular weight excluding hydrogens is 316 g/mol. The molecule has 0 radical (unpaired) electrons. The van der Waals surface area contributed by atoms with Gasteiger partial charge in [0.2, 0.25) is 8.32 Å². The third kappa shape index (κ3) is 3.43. The molecule has 1 aromatic carbocycles. The van der Waals surface area contributed by atoms with Crippen LogP contribution in [0.15, 0.2) is 48.9 Å². The van der Waals surface area contributed by atoms with E-state index < -0.39 is 8.32 Å². The van der Waals surface area contributed by atoms with E-state index in [1.807, 2.05) is 36.5 Å². The van der Waals surface area contributed by atoms with Crippen LogP contribution in [0.25, 0.3) is 5.65 Å². The van der Waals surface area contributed by atoms with Gasteiger partial charge in [0.15, 0.2) is 5.65 Å². The maximum atomic E-state index is 6.30. The fraction of sp³-hybridized carbons (Fsp3) is 0.333. The Morgan fingerprint density at radius 3 is 2.42 bits per heavy atom. The predicted octanol–water partition coefficient (Wildman–Crippen LogP) is 4.86. The predicted molar refractivity (Wildman–Crippen MR) is 101 cm³/mol. The summed E-state index contributed by atoms with van der Waals surface area (Å²) in [6.45, 7) is 11.2. The number of hydrogen-bond acceptors (Lipinski definition) is 4. The molecule has 0 atom stereocenters. The molecule has 2 aromatic heterocycles. The van der Waals surface area contributed by atoms with Crippen molar-refractivity contribution in [3.05, 3.63) is 48.9 Å². The fourth-order valence-corrected chi connectivity index (χ4v) is 3.13. The second-order valence-corrected chi connectivity index (χ2v) is 12.2. The second-order valence-electron chi connectivity index (χ2n) is 7.49. The minimum Gasteiger partial charge on any atom is -0.544 e. The highest BCUT2D eigenvalue weighted by Gasteiger charge is 2.38. The van der Waals surface area contributed by atoms with Gasteiger partial charge in [-0.15, -0.1) is 0 Å². The van der Waals surface area contributed by atoms with E-state index in [1.54, 1.807) is 16.9 Å². The number of hydrogen-bond donors (Lipinski definition) is 1. The SMILES string of the molecule is CC(C)(C)[Si](C)(C)Oc1ccc(Nc2cnc3ccnn3c2)cc1. The van der Waals surface area contributed by atoms with Gasteiger partial charge in [-0.3, -0.25) is 0 Å². The average molecular weight is 341 g/mol. The van der Waals surface area contributed by atoms with Crippen LogP contribution in [0.3, 0.4) is 0 Å². The molecule has 0 aliphatic carbocycles. The number of fused-ring (bicyclic) bond motifs is 1. The summed E-state index contributed by atoms with van der Waals surface area (Å²) in [5, 5.41) is 7.72. The molecule has 126 valence electrons. The zero-order chi connectivity index (χ0) is 17.4. The van der Waals surface area contributed by atoms with E-state index in [4.69, 9.17) is 4.43 Å². The highest BCUT2D eigenvalue weighted by molar-refractivity contribution is 6.74. The smallest absolute Gasteiger partial charge is 0.250 e. The molecule has 2 heterocycles. The summed E-state index contributed by atoms with van der Waals surface area (Å²) in [6.07, 6.45) is 5.46. The van der Waals surface area contributed by atoms with Crippen LogP contribution in [0, 0.1) is 0 Å². The van der Waals surface area contributed by atoms with Gasteiger partial charge in [-0.25, -0.2) is 9.50 Å². The molecule has 0 aliphatic rings. The van der Waals surface area contributed by atoms with Crippen molar-refractivity contribution in [2.75, 3.05) is 5.32 Å². The van der Waals surface area contributed by atoms with Crippen LogP contribution in [0.4, 0.5) is 11.4 Å². The van der Waals surface area contributed by atoms with E-state index in [2.05, 4.69) is 49.3 Å². The highest BCUT2D eigenvalue weighted by atomic mass is 28.4. The standard InChI is InChI=1S/C18H24N4OSi/c1-18(2,3)24(4,5)23-16-8-6-14(7-9-16)21-15-12-19-17-10-11-20-22(17)13-15/h6-13,21H,1-5H3. The third-order valence-electron chi connectivity index (χ3n) is 4.57. The molecule has 5 nitrogen and oxygen atoms in total. The van der Waals surface area contributed by atoms with E-state index in [1.165, 1.54) is 0 Å². The topological polar surface area (TPSA) is 51.5 Å². The molecule has 0 amide bonds. The van der Waals surface area contributed by atoms with Gasteiger partial charge in [-0.2, -0.15) is 5.10 Å². The molecule has 0 bridgehead atoms. The quantitative estimate of drug-likeness (QED) is 0.689. The zero-order valence-corrected chi connectivity index (χ0v) is 15.9. The molecule has 6 heteroatoms. The van der Waals surface area contributed by atoms with Crippen molar-refractivity contribution >= 4 is 25.3 Å². The molecule has 0 aliphatic heterocycles. The summed E-state index contributed by atoms with van der Waals surface area (Å²) in [7, 11) is -1.80. The monoisotopic (exact) mass is 340 g/mol. The lowest BCUT2D eigenvalue weighted by atomic mass is 10.2. The molecule has 0 saturated heterocycles. The minimum absolute atomic E-state index is 0.189. The molecule has 24 heavy (non-hydrogen) atoms. The van der Waals surface area contributed by atoms with Crippen molar-refractivity contribution in [1.29, 1.82) is 0 Å². The van der Waals surface area contributed by atoms with Gasteiger partial charge in [-0.1, -0.05) is 20.8 Å². The van der Waals surface area contributed by atoms with Crippen molar-refractivity contribution in [2.24, 2.45) is 0 Å². The van der Waals surface area contributed by atoms with E-state index in [0.717, 1.165) is 22.8 Å². The van der Waals surface area contributed by atoms with Crippen LogP contribution >= 0.6 is 0 Å². The van der Waals surface area contributed by atoms with E-state index in [-0.39, 0.29) is 5.04 Å². The van der Waals surface area contributed by atoms with E-state index in [9.17, 15) is 0 Å². The maximum absolute atomic E-state index is 6.30. The number of nitrogens with zero attached hydrogens (tertiary/aromatic N) is 3. The van der Waals surface area contributed by atoms with Crippen LogP contribution in [0.1, 0.15) is 20.8 Å². The Hall–Kier alpha value is -2.34. The molecule has 3 aromatic rings. The van der Waals surface area contributed by atoms with Crippen molar-refractivity contribution in [2.45, 2.75) is 38.9 Å². The average Bonchev–Trinajstić information content (AvgIpc) is 2.95. The lowest BCUT2D eigenvalue weighted by molar-refractivity contribution is 0.492. The van der Waals surface area contributed by atoms with Gasteiger partial charge < -0.3 is 9.74 Å². The van der Waals surface area contributed by atoms with Gasteiger partial charge in [0.05, 0.1) is 24.3 Å². The number of nitrogens with one attached hydrogen (secondary N) is 1. The minimum atomic E-state index is -1.80. The second kappa shape index (κ2) is 5.94. The zero-order valence-electron chi connectivity index (χ0n) is 14.9. The normalized spacial score (nSPS) is 12.4. The lowest BCUT2D eigenvalue weighted by Crippen LogP contribution is -2.43. The van der Waals surface area contributed by atoms with Gasteiger partial charge in [-0.05, 0) is 42.4 Å². The summed E-state index contributed by atoms with van der Waals surface area (Å²) in [5.41, 5.74) is 2.72. The third-order valence-corrected chi connectivity index (χ3v) is 8.93. The summed E-state index contributed by atoms with van der Waals surface area (Å²) >= 11 is 0. The first-order valence-electron chi connectivity index (χ1n) is 8.10. The first-order valence-corrected chi connectivity index (χ1v) is 11.0. The number of rotatable bonds is 4. The Morgan fingerprint density at radius 1 is 1.04 bits per heavy atom. The highest BCUT2D eigenvalue weighted by Crippen LogP contribution is 2.37. The van der Waals surface area contributed by atoms with Crippen molar-refractivity contribution in [1.82, 2.24) is 14.6 Å². The number of anilines is 2. The maximum Gasteiger partial charge on any atom is 0.250 e. The first kappa shape index (κ1) is 16.5. The molecular formula is C18H24N4OSi. The summed E-state index contributed by atoms with van der Waals surface area (Å²) < 4.78 is 8.05. The summed E-state index contributed by atoms with van der Waals surface area (Å²) in [5.74, 6) is 0.924. The molecule has 0 fully saturated rings. The lowest BCUT2D eigenvalue weighted by Gasteiger charge is -2.36. The van der Waals surface area contributed by atoms with E-state index >= 15 is 0 Å². The molecule has 1 N–H and O–H groups in total. The summed E-state index contributed by atoms with van der Waals surface area (Å²) in [4.78, 5) is 4.35. The molecule has 0 unspecified atom stereocenters. The Morgan fingerprint density at radius 2 is 1.75 bits per heavy atom. The van der Waals surface area contributed by atoms with Crippen LogP contribution < -0.4 is 9.74 Å². The van der Waals surface area contributed by atoms with Crippen molar-refractivity contribution in [3.8, 4) is 5.75 Å². The van der Waals surface area contributed by atoms with Crippen molar-refractivity contribution < 1.29 is 4.43 Å². The largest absolute Gasteiger partial charge is 0.544 e. The van der Waals surface area contributed by atoms with Crippen molar-refractivity contribution in [3.63, 3.8) is 0 Å².